The molecule has 2 rings (SSSR count). The van der Waals surface area contributed by atoms with Crippen molar-refractivity contribution in [2.24, 2.45) is 0 Å². The molecule has 1 atom stereocenters. The van der Waals surface area contributed by atoms with E-state index in [1.165, 1.54) is 10.9 Å². The fourth-order valence-electron chi connectivity index (χ4n) is 1.38. The molecule has 2 aromatic rings. The number of aromatic amines is 1. The van der Waals surface area contributed by atoms with E-state index in [0.29, 0.717) is 5.65 Å². The van der Waals surface area contributed by atoms with E-state index in [0.717, 1.165) is 0 Å². The van der Waals surface area contributed by atoms with Crippen LogP contribution < -0.4 is 11.3 Å². The van der Waals surface area contributed by atoms with Gasteiger partial charge in [-0.05, 0) is 0 Å². The lowest BCUT2D eigenvalue weighted by Crippen LogP contribution is -2.18. The lowest BCUT2D eigenvalue weighted by molar-refractivity contribution is 0.178. The number of halogens is 1. The molecule has 1 unspecified atom stereocenters. The molecule has 0 spiro atoms. The second-order valence-electron chi connectivity index (χ2n) is 3.33. The number of rotatable bonds is 3. The van der Waals surface area contributed by atoms with Crippen LogP contribution in [0.2, 0.25) is 0 Å². The number of anilines is 1. The van der Waals surface area contributed by atoms with Crippen molar-refractivity contribution in [1.82, 2.24) is 19.5 Å². The Hall–Kier alpha value is -1.60. The maximum Gasteiger partial charge on any atom is 0.280 e. The molecule has 16 heavy (non-hydrogen) atoms. The zero-order valence-electron chi connectivity index (χ0n) is 8.22. The number of imidazole rings is 1. The summed E-state index contributed by atoms with van der Waals surface area (Å²) in [6, 6.07) is 0. The zero-order valence-corrected chi connectivity index (χ0v) is 8.98. The number of fused-ring (bicyclic) bond motifs is 1. The summed E-state index contributed by atoms with van der Waals surface area (Å²) in [7, 11) is 0. The van der Waals surface area contributed by atoms with Gasteiger partial charge in [-0.25, -0.2) is 4.98 Å². The van der Waals surface area contributed by atoms with Crippen LogP contribution in [-0.2, 0) is 6.54 Å². The Morgan fingerprint density at radius 1 is 1.69 bits per heavy atom. The number of aliphatic hydroxyl groups excluding tert-OH is 1. The summed E-state index contributed by atoms with van der Waals surface area (Å²) in [6.07, 6.45) is 0.698. The van der Waals surface area contributed by atoms with Gasteiger partial charge in [-0.3, -0.25) is 9.78 Å². The van der Waals surface area contributed by atoms with E-state index in [2.05, 4.69) is 15.0 Å². The highest BCUT2D eigenvalue weighted by atomic mass is 35.5. The number of H-pyrrole nitrogens is 1. The quantitative estimate of drug-likeness (QED) is 0.618. The van der Waals surface area contributed by atoms with Gasteiger partial charge in [0.2, 0.25) is 5.95 Å². The number of nitrogens with one attached hydrogen (secondary N) is 1. The van der Waals surface area contributed by atoms with Crippen LogP contribution in [0, 0.1) is 0 Å². The predicted octanol–water partition coefficient (Wildman–Crippen LogP) is -0.699. The summed E-state index contributed by atoms with van der Waals surface area (Å²) in [5.41, 5.74) is 5.55. The Balaban J connectivity index is 2.51. The number of nitrogens with two attached hydrogens (primary N) is 1. The molecule has 8 heteroatoms. The predicted molar refractivity (Wildman–Crippen MR) is 59.3 cm³/mol. The van der Waals surface area contributed by atoms with Crippen LogP contribution in [0.1, 0.15) is 0 Å². The van der Waals surface area contributed by atoms with Gasteiger partial charge < -0.3 is 15.4 Å². The summed E-state index contributed by atoms with van der Waals surface area (Å²) in [5, 5.41) is 9.40. The first-order valence-corrected chi connectivity index (χ1v) is 5.10. The molecule has 2 aromatic heterocycles. The molecule has 0 aromatic carbocycles. The Bertz CT molecular complexity index is 563. The number of alkyl halides is 1. The minimum absolute atomic E-state index is 0.0135. The fourth-order valence-corrected chi connectivity index (χ4v) is 1.48. The molecule has 0 aliphatic carbocycles. The summed E-state index contributed by atoms with van der Waals surface area (Å²) in [5.74, 6) is 0.109. The van der Waals surface area contributed by atoms with E-state index in [-0.39, 0.29) is 23.9 Å². The Kier molecular flexibility index (Phi) is 2.80. The lowest BCUT2D eigenvalue weighted by atomic mass is 10.4. The second kappa shape index (κ2) is 4.11. The van der Waals surface area contributed by atoms with Crippen molar-refractivity contribution < 1.29 is 5.11 Å². The Labute approximate surface area is 94.9 Å². The van der Waals surface area contributed by atoms with Gasteiger partial charge in [0.05, 0.1) is 24.9 Å². The third-order valence-electron chi connectivity index (χ3n) is 2.08. The molecule has 2 heterocycles. The van der Waals surface area contributed by atoms with E-state index in [4.69, 9.17) is 17.3 Å². The van der Waals surface area contributed by atoms with Crippen LogP contribution >= 0.6 is 11.6 Å². The highest BCUT2D eigenvalue weighted by molar-refractivity contribution is 6.18. The van der Waals surface area contributed by atoms with Gasteiger partial charge >= 0.3 is 0 Å². The molecular formula is C8H10ClN5O2. The summed E-state index contributed by atoms with van der Waals surface area (Å²) >= 11 is 5.49. The molecule has 0 fully saturated rings. The minimum Gasteiger partial charge on any atom is -0.390 e. The molecule has 0 saturated carbocycles. The van der Waals surface area contributed by atoms with Crippen molar-refractivity contribution in [3.05, 3.63) is 16.7 Å². The van der Waals surface area contributed by atoms with E-state index < -0.39 is 11.7 Å². The lowest BCUT2D eigenvalue weighted by Gasteiger charge is -2.07. The third kappa shape index (κ3) is 1.86. The molecule has 0 saturated heterocycles. The molecule has 4 N–H and O–H groups in total. The van der Waals surface area contributed by atoms with E-state index in [9.17, 15) is 9.90 Å². The fraction of sp³-hybridized carbons (Fsp3) is 0.375. The monoisotopic (exact) mass is 243 g/mol. The van der Waals surface area contributed by atoms with Gasteiger partial charge in [0.1, 0.15) is 0 Å². The number of nitrogen functional groups attached to an aromatic ring is 1. The van der Waals surface area contributed by atoms with Crippen molar-refractivity contribution in [2.45, 2.75) is 12.6 Å². The van der Waals surface area contributed by atoms with Gasteiger partial charge in [-0.15, -0.1) is 11.6 Å². The largest absolute Gasteiger partial charge is 0.390 e. The van der Waals surface area contributed by atoms with Crippen molar-refractivity contribution in [1.29, 1.82) is 0 Å². The van der Waals surface area contributed by atoms with Gasteiger partial charge in [0, 0.05) is 0 Å². The highest BCUT2D eigenvalue weighted by Crippen LogP contribution is 2.07. The first kappa shape index (κ1) is 10.9. The number of hydrogen-bond donors (Lipinski definition) is 3. The summed E-state index contributed by atoms with van der Waals surface area (Å²) in [6.45, 7) is 0.218. The van der Waals surface area contributed by atoms with Gasteiger partial charge in [0.25, 0.3) is 5.56 Å². The number of nitrogens with zero attached hydrogens (tertiary/aromatic N) is 3. The first-order valence-electron chi connectivity index (χ1n) is 4.56. The number of hydrogen-bond acceptors (Lipinski definition) is 5. The minimum atomic E-state index is -0.721. The molecule has 86 valence electrons. The number of aromatic nitrogens is 4. The van der Waals surface area contributed by atoms with E-state index in [1.54, 1.807) is 0 Å². The van der Waals surface area contributed by atoms with Crippen LogP contribution in [0.25, 0.3) is 11.2 Å². The molecule has 0 radical (unpaired) electrons. The zero-order chi connectivity index (χ0) is 11.7. The smallest absolute Gasteiger partial charge is 0.280 e. The van der Waals surface area contributed by atoms with Crippen LogP contribution in [0.15, 0.2) is 11.1 Å². The molecule has 0 aliphatic heterocycles. The van der Waals surface area contributed by atoms with Crippen LogP contribution in [-0.4, -0.2) is 36.6 Å². The normalized spacial score (nSPS) is 13.1. The van der Waals surface area contributed by atoms with Crippen LogP contribution in [0.4, 0.5) is 5.95 Å². The SMILES string of the molecule is Nc1nc2c(ncn2CC(O)CCl)c(=O)[nH]1. The van der Waals surface area contributed by atoms with Gasteiger partial charge in [-0.1, -0.05) is 0 Å². The standard InChI is InChI=1S/C8H10ClN5O2/c9-1-4(15)2-14-3-11-5-6(14)12-8(10)13-7(5)16/h3-4,15H,1-2H2,(H3,10,12,13,16). The van der Waals surface area contributed by atoms with Gasteiger partial charge in [-0.2, -0.15) is 4.98 Å². The van der Waals surface area contributed by atoms with Crippen LogP contribution in [0.5, 0.6) is 0 Å². The van der Waals surface area contributed by atoms with Crippen molar-refractivity contribution in [2.75, 3.05) is 11.6 Å². The molecule has 0 amide bonds. The van der Waals surface area contributed by atoms with E-state index >= 15 is 0 Å². The Morgan fingerprint density at radius 2 is 2.44 bits per heavy atom. The Morgan fingerprint density at radius 3 is 3.12 bits per heavy atom. The summed E-state index contributed by atoms with van der Waals surface area (Å²) < 4.78 is 1.54. The van der Waals surface area contributed by atoms with Crippen molar-refractivity contribution in [3.8, 4) is 0 Å². The number of aliphatic hydroxyl groups is 1. The van der Waals surface area contributed by atoms with Gasteiger partial charge in [0.15, 0.2) is 11.2 Å². The average molecular weight is 244 g/mol. The van der Waals surface area contributed by atoms with Crippen molar-refractivity contribution >= 4 is 28.7 Å². The molecule has 7 nitrogen and oxygen atoms in total. The van der Waals surface area contributed by atoms with Crippen molar-refractivity contribution in [3.63, 3.8) is 0 Å². The van der Waals surface area contributed by atoms with Crippen LogP contribution in [0.3, 0.4) is 0 Å². The summed E-state index contributed by atoms with van der Waals surface area (Å²) in [4.78, 5) is 21.6. The van der Waals surface area contributed by atoms with E-state index in [1.807, 2.05) is 0 Å². The molecule has 0 aliphatic rings. The molecular weight excluding hydrogens is 234 g/mol. The topological polar surface area (TPSA) is 110 Å². The second-order valence-corrected chi connectivity index (χ2v) is 3.64. The molecule has 0 bridgehead atoms. The maximum absolute atomic E-state index is 11.4. The average Bonchev–Trinajstić information content (AvgIpc) is 2.61. The maximum atomic E-state index is 11.4. The third-order valence-corrected chi connectivity index (χ3v) is 2.43. The first-order chi connectivity index (χ1) is 7.61. The highest BCUT2D eigenvalue weighted by Gasteiger charge is 2.11.